The van der Waals surface area contributed by atoms with Crippen LogP contribution in [0.2, 0.25) is 0 Å². The minimum absolute atomic E-state index is 0.521. The number of hydrogen-bond donors (Lipinski definition) is 0. The maximum atomic E-state index is 4.50. The fourth-order valence-corrected chi connectivity index (χ4v) is 3.88. The van der Waals surface area contributed by atoms with Crippen LogP contribution in [0.3, 0.4) is 0 Å². The second-order valence-electron chi connectivity index (χ2n) is 7.44. The molecule has 0 nitrogen and oxygen atoms in total. The zero-order chi connectivity index (χ0) is 17.4. The normalized spacial score (nSPS) is 22.8. The van der Waals surface area contributed by atoms with Gasteiger partial charge in [-0.15, -0.1) is 6.58 Å². The van der Waals surface area contributed by atoms with E-state index in [0.29, 0.717) is 17.8 Å². The van der Waals surface area contributed by atoms with Gasteiger partial charge in [0, 0.05) is 5.92 Å². The smallest absolute Gasteiger partial charge is 0.00479 e. The Bertz CT molecular complexity index is 449. The van der Waals surface area contributed by atoms with Gasteiger partial charge in [0.25, 0.3) is 0 Å². The summed E-state index contributed by atoms with van der Waals surface area (Å²) < 4.78 is 0. The van der Waals surface area contributed by atoms with Crippen molar-refractivity contribution in [2.24, 2.45) is 17.8 Å². The molecule has 0 aromatic heterocycles. The van der Waals surface area contributed by atoms with Gasteiger partial charge >= 0.3 is 0 Å². The molecule has 3 unspecified atom stereocenters. The summed E-state index contributed by atoms with van der Waals surface area (Å²) in [6.45, 7) is 22.1. The molecule has 0 saturated heterocycles. The summed E-state index contributed by atoms with van der Waals surface area (Å²) in [6.07, 6.45) is 12.0. The molecule has 23 heavy (non-hydrogen) atoms. The van der Waals surface area contributed by atoms with E-state index in [-0.39, 0.29) is 0 Å². The van der Waals surface area contributed by atoms with Crippen molar-refractivity contribution in [3.8, 4) is 0 Å². The lowest BCUT2D eigenvalue weighted by Crippen LogP contribution is -2.20. The lowest BCUT2D eigenvalue weighted by Gasteiger charge is -2.34. The standard InChI is InChI=1S/C23H38/c1-8-11-12-13-21(10-3)16-19(6)22-15-14-18(5)20(7)23(22)17(4)9-2/h10,18,21-22H,3-4,6,8-9,11-16H2,1-2,5,7H3. The van der Waals surface area contributed by atoms with Crippen LogP contribution >= 0.6 is 0 Å². The van der Waals surface area contributed by atoms with Crippen LogP contribution in [0.1, 0.15) is 79.1 Å². The summed E-state index contributed by atoms with van der Waals surface area (Å²) >= 11 is 0. The van der Waals surface area contributed by atoms with Gasteiger partial charge in [0.1, 0.15) is 0 Å². The average Bonchev–Trinajstić information content (AvgIpc) is 2.55. The molecule has 1 aliphatic carbocycles. The highest BCUT2D eigenvalue weighted by Crippen LogP contribution is 2.43. The molecule has 1 aliphatic rings. The first-order chi connectivity index (χ1) is 11.0. The highest BCUT2D eigenvalue weighted by atomic mass is 14.3. The molecule has 0 aromatic rings. The molecule has 0 amide bonds. The first-order valence-corrected chi connectivity index (χ1v) is 9.65. The molecular weight excluding hydrogens is 276 g/mol. The Balaban J connectivity index is 2.83. The molecule has 0 N–H and O–H groups in total. The van der Waals surface area contributed by atoms with E-state index in [4.69, 9.17) is 0 Å². The number of allylic oxidation sites excluding steroid dienone is 5. The van der Waals surface area contributed by atoms with E-state index < -0.39 is 0 Å². The van der Waals surface area contributed by atoms with Gasteiger partial charge in [0.05, 0.1) is 0 Å². The number of hydrogen-bond acceptors (Lipinski definition) is 0. The van der Waals surface area contributed by atoms with Crippen molar-refractivity contribution in [1.29, 1.82) is 0 Å². The number of unbranched alkanes of at least 4 members (excludes halogenated alkanes) is 2. The Hall–Kier alpha value is -1.04. The summed E-state index contributed by atoms with van der Waals surface area (Å²) in [5, 5.41) is 0. The average molecular weight is 315 g/mol. The van der Waals surface area contributed by atoms with Crippen LogP contribution in [0, 0.1) is 17.8 Å². The van der Waals surface area contributed by atoms with Crippen molar-refractivity contribution >= 4 is 0 Å². The summed E-state index contributed by atoms with van der Waals surface area (Å²) in [5.41, 5.74) is 5.80. The highest BCUT2D eigenvalue weighted by Gasteiger charge is 2.28. The first kappa shape index (κ1) is 20.0. The van der Waals surface area contributed by atoms with E-state index in [9.17, 15) is 0 Å². The third-order valence-electron chi connectivity index (χ3n) is 5.74. The molecule has 1 rings (SSSR count). The van der Waals surface area contributed by atoms with E-state index in [2.05, 4.69) is 53.5 Å². The minimum atomic E-state index is 0.521. The monoisotopic (exact) mass is 314 g/mol. The molecule has 0 spiro atoms. The predicted octanol–water partition coefficient (Wildman–Crippen LogP) is 7.64. The van der Waals surface area contributed by atoms with E-state index in [1.807, 2.05) is 0 Å². The molecule has 0 bridgehead atoms. The largest absolute Gasteiger partial charge is 0.103 e. The second kappa shape index (κ2) is 9.96. The van der Waals surface area contributed by atoms with Crippen LogP contribution in [0.4, 0.5) is 0 Å². The van der Waals surface area contributed by atoms with Crippen LogP contribution in [0.15, 0.2) is 48.1 Å². The Kier molecular flexibility index (Phi) is 8.66. The Labute approximate surface area is 145 Å². The van der Waals surface area contributed by atoms with Gasteiger partial charge in [0.2, 0.25) is 0 Å². The van der Waals surface area contributed by atoms with Gasteiger partial charge in [-0.25, -0.2) is 0 Å². The summed E-state index contributed by atoms with van der Waals surface area (Å²) in [5.74, 6) is 1.80. The molecule has 0 heterocycles. The second-order valence-corrected chi connectivity index (χ2v) is 7.44. The van der Waals surface area contributed by atoms with Gasteiger partial charge in [0.15, 0.2) is 0 Å². The number of rotatable bonds is 10. The van der Waals surface area contributed by atoms with Crippen LogP contribution in [0.5, 0.6) is 0 Å². The van der Waals surface area contributed by atoms with Crippen LogP contribution in [-0.4, -0.2) is 0 Å². The van der Waals surface area contributed by atoms with Crippen molar-refractivity contribution in [2.45, 2.75) is 79.1 Å². The molecular formula is C23H38. The molecule has 130 valence electrons. The first-order valence-electron chi connectivity index (χ1n) is 9.65. The topological polar surface area (TPSA) is 0 Å². The third kappa shape index (κ3) is 5.52. The van der Waals surface area contributed by atoms with E-state index in [1.165, 1.54) is 55.2 Å². The zero-order valence-electron chi connectivity index (χ0n) is 16.1. The molecule has 0 radical (unpaired) electrons. The van der Waals surface area contributed by atoms with Crippen LogP contribution < -0.4 is 0 Å². The van der Waals surface area contributed by atoms with Gasteiger partial charge in [-0.1, -0.05) is 76.0 Å². The van der Waals surface area contributed by atoms with Crippen molar-refractivity contribution in [2.75, 3.05) is 0 Å². The Morgan fingerprint density at radius 2 is 1.91 bits per heavy atom. The predicted molar refractivity (Wildman–Crippen MR) is 106 cm³/mol. The summed E-state index contributed by atoms with van der Waals surface area (Å²) in [7, 11) is 0. The van der Waals surface area contributed by atoms with Crippen LogP contribution in [-0.2, 0) is 0 Å². The van der Waals surface area contributed by atoms with Gasteiger partial charge < -0.3 is 0 Å². The van der Waals surface area contributed by atoms with E-state index in [1.54, 1.807) is 5.57 Å². The summed E-state index contributed by atoms with van der Waals surface area (Å²) in [4.78, 5) is 0. The molecule has 0 fully saturated rings. The Morgan fingerprint density at radius 1 is 1.22 bits per heavy atom. The fourth-order valence-electron chi connectivity index (χ4n) is 3.88. The van der Waals surface area contributed by atoms with Crippen molar-refractivity contribution in [3.05, 3.63) is 48.1 Å². The lowest BCUT2D eigenvalue weighted by atomic mass is 9.71. The molecule has 3 atom stereocenters. The molecule has 0 heteroatoms. The van der Waals surface area contributed by atoms with Crippen molar-refractivity contribution in [1.82, 2.24) is 0 Å². The van der Waals surface area contributed by atoms with E-state index in [0.717, 1.165) is 12.8 Å². The van der Waals surface area contributed by atoms with Gasteiger partial charge in [-0.3, -0.25) is 0 Å². The van der Waals surface area contributed by atoms with Crippen LogP contribution in [0.25, 0.3) is 0 Å². The summed E-state index contributed by atoms with van der Waals surface area (Å²) in [6, 6.07) is 0. The fraction of sp³-hybridized carbons (Fsp3) is 0.652. The maximum Gasteiger partial charge on any atom is 0.00479 e. The highest BCUT2D eigenvalue weighted by molar-refractivity contribution is 5.41. The minimum Gasteiger partial charge on any atom is -0.103 e. The zero-order valence-corrected chi connectivity index (χ0v) is 16.1. The van der Waals surface area contributed by atoms with Crippen molar-refractivity contribution < 1.29 is 0 Å². The van der Waals surface area contributed by atoms with Gasteiger partial charge in [-0.2, -0.15) is 0 Å². The molecule has 0 aromatic carbocycles. The lowest BCUT2D eigenvalue weighted by molar-refractivity contribution is 0.446. The Morgan fingerprint density at radius 3 is 2.48 bits per heavy atom. The van der Waals surface area contributed by atoms with Crippen molar-refractivity contribution in [3.63, 3.8) is 0 Å². The SMILES string of the molecule is C=CC(CCCCC)CC(=C)C1CCC(C)C(C)=C1C(=C)CC. The molecule has 0 aliphatic heterocycles. The third-order valence-corrected chi connectivity index (χ3v) is 5.74. The van der Waals surface area contributed by atoms with E-state index >= 15 is 0 Å². The van der Waals surface area contributed by atoms with Gasteiger partial charge in [-0.05, 0) is 56.4 Å². The molecule has 0 saturated carbocycles. The maximum absolute atomic E-state index is 4.50. The quantitative estimate of drug-likeness (QED) is 0.287.